The number of hydrogen-bond donors (Lipinski definition) is 1. The largest absolute Gasteiger partial charge is 0.486 e. The van der Waals surface area contributed by atoms with Gasteiger partial charge in [0.2, 0.25) is 5.95 Å². The average molecular weight is 500 g/mol. The molecule has 1 N–H and O–H groups in total. The fraction of sp³-hybridized carbons (Fsp3) is 0.435. The summed E-state index contributed by atoms with van der Waals surface area (Å²) < 4.78 is 16.6. The van der Waals surface area contributed by atoms with E-state index >= 15 is 0 Å². The van der Waals surface area contributed by atoms with Gasteiger partial charge in [-0.05, 0) is 42.5 Å². The van der Waals surface area contributed by atoms with Crippen LogP contribution in [0.4, 0.5) is 5.95 Å². The molecule has 2 unspecified atom stereocenters. The number of thiophene rings is 1. The average Bonchev–Trinajstić information content (AvgIpc) is 3.35. The number of hydrogen-bond acceptors (Lipinski definition) is 11. The predicted molar refractivity (Wildman–Crippen MR) is 128 cm³/mol. The van der Waals surface area contributed by atoms with E-state index in [2.05, 4.69) is 15.3 Å². The molecule has 0 bridgehead atoms. The fourth-order valence-electron chi connectivity index (χ4n) is 4.45. The van der Waals surface area contributed by atoms with E-state index in [0.717, 1.165) is 15.8 Å². The molecule has 2 atom stereocenters. The van der Waals surface area contributed by atoms with Gasteiger partial charge in [0, 0.05) is 29.6 Å². The first-order valence-corrected chi connectivity index (χ1v) is 12.3. The number of nitro groups is 1. The smallest absolute Gasteiger partial charge is 0.326 e. The second-order valence-corrected chi connectivity index (χ2v) is 9.29. The Morgan fingerprint density at radius 1 is 1.34 bits per heavy atom. The van der Waals surface area contributed by atoms with Crippen LogP contribution in [-0.2, 0) is 16.1 Å². The van der Waals surface area contributed by atoms with Crippen LogP contribution in [0.5, 0.6) is 11.5 Å². The van der Waals surface area contributed by atoms with Crippen molar-refractivity contribution in [1.29, 1.82) is 0 Å². The number of nitrogens with one attached hydrogen (secondary N) is 1. The zero-order valence-corrected chi connectivity index (χ0v) is 20.0. The van der Waals surface area contributed by atoms with Gasteiger partial charge in [0.05, 0.1) is 13.0 Å². The lowest BCUT2D eigenvalue weighted by Gasteiger charge is -2.41. The molecule has 1 aromatic carbocycles. The molecule has 35 heavy (non-hydrogen) atoms. The molecule has 184 valence electrons. The number of carbonyl (C=O) groups excluding carboxylic acids is 1. The van der Waals surface area contributed by atoms with Gasteiger partial charge in [-0.15, -0.1) is 11.3 Å². The number of anilines is 1. The summed E-state index contributed by atoms with van der Waals surface area (Å²) in [7, 11) is 0. The third-order valence-electron chi connectivity index (χ3n) is 6.27. The summed E-state index contributed by atoms with van der Waals surface area (Å²) in [5.74, 6) is 1.09. The number of aromatic nitrogens is 2. The van der Waals surface area contributed by atoms with Gasteiger partial charge in [-0.1, -0.05) is 6.07 Å². The monoisotopic (exact) mass is 499 g/mol. The molecule has 0 saturated carbocycles. The number of carbonyl (C=O) groups is 1. The maximum absolute atomic E-state index is 13.1. The van der Waals surface area contributed by atoms with E-state index in [1.165, 1.54) is 11.3 Å². The molecule has 12 heteroatoms. The minimum Gasteiger partial charge on any atom is -0.486 e. The number of rotatable bonds is 7. The summed E-state index contributed by atoms with van der Waals surface area (Å²) in [6, 6.07) is 7.45. The number of piperidine rings is 1. The Labute approximate surface area is 205 Å². The summed E-state index contributed by atoms with van der Waals surface area (Å²) >= 11 is 1.45. The molecule has 0 aliphatic carbocycles. The van der Waals surface area contributed by atoms with E-state index in [9.17, 15) is 14.9 Å². The topological polar surface area (TPSA) is 129 Å². The molecular weight excluding hydrogens is 474 g/mol. The van der Waals surface area contributed by atoms with Crippen molar-refractivity contribution in [2.24, 2.45) is 0 Å². The second-order valence-electron chi connectivity index (χ2n) is 8.40. The van der Waals surface area contributed by atoms with Crippen LogP contribution in [-0.4, -0.2) is 58.9 Å². The summed E-state index contributed by atoms with van der Waals surface area (Å²) in [5.41, 5.74) is -0.366. The first-order valence-electron chi connectivity index (χ1n) is 11.4. The van der Waals surface area contributed by atoms with E-state index in [4.69, 9.17) is 14.2 Å². The van der Waals surface area contributed by atoms with Gasteiger partial charge in [-0.2, -0.15) is 0 Å². The van der Waals surface area contributed by atoms with Crippen molar-refractivity contribution in [3.05, 3.63) is 51.5 Å². The van der Waals surface area contributed by atoms with E-state index in [-0.39, 0.29) is 30.4 Å². The highest BCUT2D eigenvalue weighted by Crippen LogP contribution is 2.34. The molecule has 5 rings (SSSR count). The molecule has 0 amide bonds. The highest BCUT2D eigenvalue weighted by molar-refractivity contribution is 7.16. The van der Waals surface area contributed by atoms with Gasteiger partial charge >= 0.3 is 5.97 Å². The molecule has 1 fully saturated rings. The first kappa shape index (κ1) is 23.2. The normalized spacial score (nSPS) is 21.6. The molecule has 11 nitrogen and oxygen atoms in total. The lowest BCUT2D eigenvalue weighted by Crippen LogP contribution is -2.63. The standard InChI is InChI=1S/C23H25N5O6S/c1-2-32-21(29)23(25-13-15-3-4-17-18(11-15)34-9-8-33-17)6-7-27(19(12-23)28(30)31)22-24-14-16-5-10-35-20(16)26-22/h3-5,10-11,14,19,25H,2,6-9,12-13H2,1H3. The minimum atomic E-state index is -1.23. The number of fused-ring (bicyclic) bond motifs is 2. The van der Waals surface area contributed by atoms with Crippen molar-refractivity contribution >= 4 is 33.5 Å². The molecule has 4 heterocycles. The van der Waals surface area contributed by atoms with Crippen LogP contribution in [0.1, 0.15) is 25.3 Å². The van der Waals surface area contributed by atoms with Crippen LogP contribution in [0.25, 0.3) is 10.2 Å². The van der Waals surface area contributed by atoms with Crippen molar-refractivity contribution in [3.8, 4) is 11.5 Å². The third-order valence-corrected chi connectivity index (χ3v) is 7.09. The molecule has 2 aliphatic heterocycles. The first-order chi connectivity index (χ1) is 17.0. The van der Waals surface area contributed by atoms with Gasteiger partial charge in [-0.25, -0.2) is 9.97 Å². The lowest BCUT2D eigenvalue weighted by molar-refractivity contribution is -0.526. The van der Waals surface area contributed by atoms with Crippen molar-refractivity contribution in [2.45, 2.75) is 38.0 Å². The highest BCUT2D eigenvalue weighted by atomic mass is 32.1. The molecule has 0 radical (unpaired) electrons. The van der Waals surface area contributed by atoms with Crippen molar-refractivity contribution < 1.29 is 23.9 Å². The van der Waals surface area contributed by atoms with Crippen LogP contribution in [0.15, 0.2) is 35.8 Å². The second kappa shape index (κ2) is 9.62. The fourth-order valence-corrected chi connectivity index (χ4v) is 5.18. The van der Waals surface area contributed by atoms with Crippen LogP contribution in [0.2, 0.25) is 0 Å². The molecular formula is C23H25N5O6S. The van der Waals surface area contributed by atoms with Gasteiger partial charge in [0.25, 0.3) is 6.17 Å². The van der Waals surface area contributed by atoms with E-state index in [1.807, 2.05) is 29.6 Å². The summed E-state index contributed by atoms with van der Waals surface area (Å²) in [5, 5.41) is 18.2. The number of esters is 1. The Morgan fingerprint density at radius 2 is 2.17 bits per heavy atom. The third kappa shape index (κ3) is 4.58. The predicted octanol–water partition coefficient (Wildman–Crippen LogP) is 2.76. The Morgan fingerprint density at radius 3 is 2.97 bits per heavy atom. The van der Waals surface area contributed by atoms with Crippen LogP contribution in [0, 0.1) is 10.1 Å². The van der Waals surface area contributed by atoms with Gasteiger partial charge in [0.1, 0.15) is 23.6 Å². The zero-order valence-electron chi connectivity index (χ0n) is 19.1. The SMILES string of the molecule is CCOC(=O)C1(NCc2ccc3c(c2)OCCO3)CCN(c2ncc3ccsc3n2)C([N+](=O)[O-])C1. The van der Waals surface area contributed by atoms with Gasteiger partial charge in [-0.3, -0.25) is 25.1 Å². The molecule has 2 aromatic heterocycles. The number of nitrogens with zero attached hydrogens (tertiary/aromatic N) is 4. The quantitative estimate of drug-likeness (QED) is 0.294. The molecule has 0 spiro atoms. The Hall–Kier alpha value is -3.51. The van der Waals surface area contributed by atoms with Crippen molar-refractivity contribution in [3.63, 3.8) is 0 Å². The number of ether oxygens (including phenoxy) is 3. The van der Waals surface area contributed by atoms with Crippen molar-refractivity contribution in [2.75, 3.05) is 31.3 Å². The maximum atomic E-state index is 13.1. The van der Waals surface area contributed by atoms with E-state index < -0.39 is 17.7 Å². The molecule has 3 aromatic rings. The van der Waals surface area contributed by atoms with E-state index in [0.29, 0.717) is 37.7 Å². The lowest BCUT2D eigenvalue weighted by atomic mass is 9.85. The van der Waals surface area contributed by atoms with E-state index in [1.54, 1.807) is 18.0 Å². The van der Waals surface area contributed by atoms with Gasteiger partial charge < -0.3 is 14.2 Å². The maximum Gasteiger partial charge on any atom is 0.326 e. The zero-order chi connectivity index (χ0) is 24.4. The Bertz CT molecular complexity index is 1250. The summed E-state index contributed by atoms with van der Waals surface area (Å²) in [6.45, 7) is 3.38. The Balaban J connectivity index is 1.40. The summed E-state index contributed by atoms with van der Waals surface area (Å²) in [4.78, 5) is 36.1. The molecule has 2 aliphatic rings. The van der Waals surface area contributed by atoms with Gasteiger partial charge in [0.15, 0.2) is 11.5 Å². The Kier molecular flexibility index (Phi) is 6.39. The highest BCUT2D eigenvalue weighted by Gasteiger charge is 2.51. The minimum absolute atomic E-state index is 0.0881. The van der Waals surface area contributed by atoms with Crippen LogP contribution >= 0.6 is 11.3 Å². The van der Waals surface area contributed by atoms with Crippen LogP contribution < -0.4 is 19.7 Å². The van der Waals surface area contributed by atoms with Crippen molar-refractivity contribution in [1.82, 2.24) is 15.3 Å². The van der Waals surface area contributed by atoms with Crippen LogP contribution in [0.3, 0.4) is 0 Å². The molecule has 1 saturated heterocycles. The number of benzene rings is 1. The summed E-state index contributed by atoms with van der Waals surface area (Å²) in [6.07, 6.45) is 0.679.